The lowest BCUT2D eigenvalue weighted by molar-refractivity contribution is 0.174. The summed E-state index contributed by atoms with van der Waals surface area (Å²) in [4.78, 5) is 11.0. The fraction of sp³-hybridized carbons (Fsp3) is 0.190. The van der Waals surface area contributed by atoms with Gasteiger partial charge in [-0.05, 0) is 49.2 Å². The second kappa shape index (κ2) is 6.23. The maximum absolute atomic E-state index is 5.50. The van der Waals surface area contributed by atoms with Crippen LogP contribution in [-0.2, 0) is 0 Å². The SMILES string of the molecule is Cc1cc(C)cc(-n2ncc3c(N(C)c4ccc5c(c4)OCO5)ncnc32)c1. The highest BCUT2D eigenvalue weighted by Crippen LogP contribution is 2.37. The molecule has 7 heteroatoms. The predicted molar refractivity (Wildman–Crippen MR) is 107 cm³/mol. The lowest BCUT2D eigenvalue weighted by atomic mass is 10.1. The molecule has 0 amide bonds. The number of aromatic nitrogens is 4. The van der Waals surface area contributed by atoms with Crippen LogP contribution in [0.2, 0.25) is 0 Å². The van der Waals surface area contributed by atoms with Crippen molar-refractivity contribution in [1.29, 1.82) is 0 Å². The number of nitrogens with zero attached hydrogens (tertiary/aromatic N) is 5. The summed E-state index contributed by atoms with van der Waals surface area (Å²) in [6, 6.07) is 12.2. The van der Waals surface area contributed by atoms with E-state index in [1.807, 2.05) is 41.0 Å². The zero-order valence-electron chi connectivity index (χ0n) is 15.9. The molecule has 0 radical (unpaired) electrons. The highest BCUT2D eigenvalue weighted by Gasteiger charge is 2.19. The third-order valence-corrected chi connectivity index (χ3v) is 4.86. The fourth-order valence-electron chi connectivity index (χ4n) is 3.58. The molecule has 1 aliphatic rings. The van der Waals surface area contributed by atoms with Crippen LogP contribution in [0.25, 0.3) is 16.7 Å². The monoisotopic (exact) mass is 373 g/mol. The molecule has 0 N–H and O–H groups in total. The highest BCUT2D eigenvalue weighted by molar-refractivity contribution is 5.90. The number of ether oxygens (including phenoxy) is 2. The number of aryl methyl sites for hydroxylation is 2. The Morgan fingerprint density at radius 1 is 0.964 bits per heavy atom. The van der Waals surface area contributed by atoms with Gasteiger partial charge in [-0.1, -0.05) is 6.07 Å². The molecule has 0 fully saturated rings. The minimum atomic E-state index is 0.253. The smallest absolute Gasteiger partial charge is 0.231 e. The molecule has 140 valence electrons. The first-order valence-electron chi connectivity index (χ1n) is 9.01. The van der Waals surface area contributed by atoms with Gasteiger partial charge in [0.15, 0.2) is 17.1 Å². The van der Waals surface area contributed by atoms with E-state index in [9.17, 15) is 0 Å². The van der Waals surface area contributed by atoms with Crippen molar-refractivity contribution in [3.63, 3.8) is 0 Å². The number of anilines is 2. The number of rotatable bonds is 3. The van der Waals surface area contributed by atoms with Crippen LogP contribution in [0, 0.1) is 13.8 Å². The van der Waals surface area contributed by atoms with Gasteiger partial charge in [0.2, 0.25) is 6.79 Å². The summed E-state index contributed by atoms with van der Waals surface area (Å²) in [5, 5.41) is 5.46. The molecule has 0 bridgehead atoms. The lowest BCUT2D eigenvalue weighted by Crippen LogP contribution is -2.12. The first-order valence-corrected chi connectivity index (χ1v) is 9.01. The molecule has 7 nitrogen and oxygen atoms in total. The zero-order valence-corrected chi connectivity index (χ0v) is 15.9. The molecule has 4 aromatic rings. The summed E-state index contributed by atoms with van der Waals surface area (Å²) in [7, 11) is 1.97. The Kier molecular flexibility index (Phi) is 3.68. The summed E-state index contributed by atoms with van der Waals surface area (Å²) in [5.74, 6) is 2.27. The van der Waals surface area contributed by atoms with Gasteiger partial charge in [0.1, 0.15) is 12.1 Å². The van der Waals surface area contributed by atoms with Gasteiger partial charge < -0.3 is 14.4 Å². The quantitative estimate of drug-likeness (QED) is 0.542. The van der Waals surface area contributed by atoms with Crippen molar-refractivity contribution in [2.45, 2.75) is 13.8 Å². The van der Waals surface area contributed by atoms with E-state index < -0.39 is 0 Å². The van der Waals surface area contributed by atoms with Crippen LogP contribution in [0.4, 0.5) is 11.5 Å². The van der Waals surface area contributed by atoms with Crippen molar-refractivity contribution in [2.24, 2.45) is 0 Å². The van der Waals surface area contributed by atoms with Crippen molar-refractivity contribution in [3.8, 4) is 17.2 Å². The topological polar surface area (TPSA) is 65.3 Å². The molecule has 0 aliphatic carbocycles. The summed E-state index contributed by atoms with van der Waals surface area (Å²) in [5.41, 5.74) is 5.07. The average Bonchev–Trinajstić information content (AvgIpc) is 3.32. The molecule has 0 atom stereocenters. The Morgan fingerprint density at radius 3 is 2.57 bits per heavy atom. The Labute approximate surface area is 162 Å². The first-order chi connectivity index (χ1) is 13.6. The lowest BCUT2D eigenvalue weighted by Gasteiger charge is -2.19. The maximum Gasteiger partial charge on any atom is 0.231 e. The van der Waals surface area contributed by atoms with Crippen LogP contribution < -0.4 is 14.4 Å². The second-order valence-corrected chi connectivity index (χ2v) is 6.93. The van der Waals surface area contributed by atoms with Crippen LogP contribution in [0.15, 0.2) is 48.9 Å². The number of benzene rings is 2. The molecule has 2 aromatic carbocycles. The van der Waals surface area contributed by atoms with Gasteiger partial charge in [-0.3, -0.25) is 0 Å². The van der Waals surface area contributed by atoms with Crippen molar-refractivity contribution >= 4 is 22.5 Å². The standard InChI is InChI=1S/C21H19N5O2/c1-13-6-14(2)8-16(7-13)26-21-17(10-24-26)20(22-11-23-21)25(3)15-4-5-18-19(9-15)28-12-27-18/h4-11H,12H2,1-3H3. The van der Waals surface area contributed by atoms with E-state index in [1.54, 1.807) is 6.33 Å². The maximum atomic E-state index is 5.50. The summed E-state index contributed by atoms with van der Waals surface area (Å²) in [6.07, 6.45) is 3.38. The van der Waals surface area contributed by atoms with E-state index in [0.717, 1.165) is 39.7 Å². The Morgan fingerprint density at radius 2 is 1.75 bits per heavy atom. The molecule has 28 heavy (non-hydrogen) atoms. The van der Waals surface area contributed by atoms with Crippen molar-refractivity contribution < 1.29 is 9.47 Å². The molecule has 0 saturated heterocycles. The highest BCUT2D eigenvalue weighted by atomic mass is 16.7. The molecule has 0 saturated carbocycles. The van der Waals surface area contributed by atoms with Crippen molar-refractivity contribution in [3.05, 3.63) is 60.0 Å². The molecule has 2 aromatic heterocycles. The molecule has 0 spiro atoms. The van der Waals surface area contributed by atoms with E-state index in [4.69, 9.17) is 9.47 Å². The number of hydrogen-bond donors (Lipinski definition) is 0. The molecular formula is C21H19N5O2. The van der Waals surface area contributed by atoms with E-state index in [0.29, 0.717) is 0 Å². The summed E-state index contributed by atoms with van der Waals surface area (Å²) >= 11 is 0. The summed E-state index contributed by atoms with van der Waals surface area (Å²) < 4.78 is 12.8. The largest absolute Gasteiger partial charge is 0.454 e. The van der Waals surface area contributed by atoms with Crippen LogP contribution in [0.3, 0.4) is 0 Å². The van der Waals surface area contributed by atoms with E-state index in [-0.39, 0.29) is 6.79 Å². The van der Waals surface area contributed by atoms with Crippen LogP contribution in [0.1, 0.15) is 11.1 Å². The molecular weight excluding hydrogens is 354 g/mol. The average molecular weight is 373 g/mol. The first kappa shape index (κ1) is 16.6. The van der Waals surface area contributed by atoms with Crippen molar-refractivity contribution in [2.75, 3.05) is 18.7 Å². The summed E-state index contributed by atoms with van der Waals surface area (Å²) in [6.45, 7) is 4.41. The fourth-order valence-corrected chi connectivity index (χ4v) is 3.58. The van der Waals surface area contributed by atoms with Crippen molar-refractivity contribution in [1.82, 2.24) is 19.7 Å². The second-order valence-electron chi connectivity index (χ2n) is 6.93. The van der Waals surface area contributed by atoms with Gasteiger partial charge >= 0.3 is 0 Å². The molecule has 1 aliphatic heterocycles. The Hall–Kier alpha value is -3.61. The third kappa shape index (κ3) is 2.63. The molecule has 3 heterocycles. The van der Waals surface area contributed by atoms with Gasteiger partial charge in [0, 0.05) is 18.8 Å². The normalized spacial score (nSPS) is 12.5. The Bertz CT molecular complexity index is 1180. The van der Waals surface area contributed by atoms with E-state index >= 15 is 0 Å². The Balaban J connectivity index is 1.60. The minimum absolute atomic E-state index is 0.253. The number of hydrogen-bond acceptors (Lipinski definition) is 6. The van der Waals surface area contributed by atoms with Gasteiger partial charge in [-0.25, -0.2) is 14.6 Å². The molecule has 0 unspecified atom stereocenters. The van der Waals surface area contributed by atoms with Crippen LogP contribution in [-0.4, -0.2) is 33.6 Å². The molecule has 5 rings (SSSR count). The minimum Gasteiger partial charge on any atom is -0.454 e. The van der Waals surface area contributed by atoms with Crippen LogP contribution in [0.5, 0.6) is 11.5 Å². The van der Waals surface area contributed by atoms with Gasteiger partial charge in [-0.2, -0.15) is 5.10 Å². The van der Waals surface area contributed by atoms with Gasteiger partial charge in [-0.15, -0.1) is 0 Å². The zero-order chi connectivity index (χ0) is 19.3. The third-order valence-electron chi connectivity index (χ3n) is 4.86. The van der Waals surface area contributed by atoms with E-state index in [1.165, 1.54) is 11.1 Å². The van der Waals surface area contributed by atoms with Gasteiger partial charge in [0.25, 0.3) is 0 Å². The number of fused-ring (bicyclic) bond motifs is 2. The predicted octanol–water partition coefficient (Wildman–Crippen LogP) is 3.93. The van der Waals surface area contributed by atoms with Gasteiger partial charge in [0.05, 0.1) is 17.3 Å². The van der Waals surface area contributed by atoms with E-state index in [2.05, 4.69) is 47.1 Å². The van der Waals surface area contributed by atoms with Crippen LogP contribution >= 0.6 is 0 Å².